The molecule has 1 aliphatic carbocycles. The zero-order valence-corrected chi connectivity index (χ0v) is 11.2. The Labute approximate surface area is 109 Å². The largest absolute Gasteiger partial charge is 0.364 e. The Kier molecular flexibility index (Phi) is 5.70. The van der Waals surface area contributed by atoms with E-state index in [1.54, 1.807) is 0 Å². The topological polar surface area (TPSA) is 55.6 Å². The molecule has 2 N–H and O–H groups in total. The summed E-state index contributed by atoms with van der Waals surface area (Å²) >= 11 is 0. The zero-order chi connectivity index (χ0) is 11.5. The van der Waals surface area contributed by atoms with E-state index < -0.39 is 0 Å². The minimum absolute atomic E-state index is 0. The van der Waals surface area contributed by atoms with E-state index in [2.05, 4.69) is 0 Å². The van der Waals surface area contributed by atoms with Gasteiger partial charge in [-0.25, -0.2) is 0 Å². The van der Waals surface area contributed by atoms with Crippen LogP contribution < -0.4 is 5.73 Å². The van der Waals surface area contributed by atoms with Gasteiger partial charge in [0.2, 0.25) is 0 Å². The van der Waals surface area contributed by atoms with Crippen LogP contribution in [-0.4, -0.2) is 43.2 Å². The van der Waals surface area contributed by atoms with Crippen molar-refractivity contribution in [3.05, 3.63) is 0 Å². The summed E-state index contributed by atoms with van der Waals surface area (Å²) in [5.41, 5.74) is 5.53. The van der Waals surface area contributed by atoms with Crippen LogP contribution in [0.15, 0.2) is 0 Å². The Morgan fingerprint density at radius 1 is 1.35 bits per heavy atom. The molecule has 100 valence electrons. The molecule has 0 aromatic heterocycles. The summed E-state index contributed by atoms with van der Waals surface area (Å²) in [6, 6.07) is 0. The van der Waals surface area contributed by atoms with Crippen molar-refractivity contribution in [3.8, 4) is 0 Å². The van der Waals surface area contributed by atoms with Crippen molar-refractivity contribution in [2.75, 3.05) is 20.1 Å². The molecular formula is C12H23ClN2O2. The molecule has 0 bridgehead atoms. The van der Waals surface area contributed by atoms with Crippen molar-refractivity contribution in [1.29, 1.82) is 0 Å². The number of rotatable bonds is 4. The maximum absolute atomic E-state index is 12.0. The van der Waals surface area contributed by atoms with Crippen LogP contribution in [0.1, 0.15) is 32.1 Å². The lowest BCUT2D eigenvalue weighted by Crippen LogP contribution is -2.40. The lowest BCUT2D eigenvalue weighted by Gasteiger charge is -2.31. The number of carbonyl (C=O) groups is 1. The molecule has 2 rings (SSSR count). The normalized spacial score (nSPS) is 28.4. The third kappa shape index (κ3) is 3.57. The molecule has 2 atom stereocenters. The fourth-order valence-corrected chi connectivity index (χ4v) is 2.46. The standard InChI is InChI=1S/C12H22N2O2.ClH/c1-14(8-9-3-2-4-9)12(15)11-6-5-10(7-13)16-11;/h9-11H,2-8,13H2,1H3;1H/t10-,11+;/m1./s1. The number of carbonyl (C=O) groups excluding carboxylic acids is 1. The fourth-order valence-electron chi connectivity index (χ4n) is 2.46. The molecule has 2 aliphatic rings. The predicted octanol–water partition coefficient (Wildman–Crippen LogP) is 1.17. The van der Waals surface area contributed by atoms with Gasteiger partial charge in [-0.2, -0.15) is 0 Å². The molecule has 0 radical (unpaired) electrons. The minimum atomic E-state index is -0.237. The van der Waals surface area contributed by atoms with Crippen LogP contribution in [0.2, 0.25) is 0 Å². The van der Waals surface area contributed by atoms with Crippen LogP contribution >= 0.6 is 12.4 Å². The third-order valence-electron chi connectivity index (χ3n) is 3.78. The lowest BCUT2D eigenvalue weighted by molar-refractivity contribution is -0.142. The number of halogens is 1. The van der Waals surface area contributed by atoms with Gasteiger partial charge in [0, 0.05) is 20.1 Å². The van der Waals surface area contributed by atoms with Gasteiger partial charge in [0.1, 0.15) is 6.10 Å². The summed E-state index contributed by atoms with van der Waals surface area (Å²) in [7, 11) is 1.89. The first-order valence-electron chi connectivity index (χ1n) is 6.31. The van der Waals surface area contributed by atoms with Gasteiger partial charge >= 0.3 is 0 Å². The molecule has 0 aromatic carbocycles. The molecule has 1 aliphatic heterocycles. The number of likely N-dealkylation sites (N-methyl/N-ethyl adjacent to an activating group) is 1. The second-order valence-electron chi connectivity index (χ2n) is 5.08. The van der Waals surface area contributed by atoms with Gasteiger partial charge in [-0.3, -0.25) is 4.79 Å². The molecule has 1 saturated heterocycles. The highest BCUT2D eigenvalue weighted by Gasteiger charge is 2.32. The van der Waals surface area contributed by atoms with E-state index in [9.17, 15) is 4.79 Å². The molecule has 17 heavy (non-hydrogen) atoms. The quantitative estimate of drug-likeness (QED) is 0.828. The SMILES string of the molecule is CN(CC1CCC1)C(=O)[C@@H]1CC[C@H](CN)O1.Cl. The zero-order valence-electron chi connectivity index (χ0n) is 10.4. The smallest absolute Gasteiger partial charge is 0.251 e. The van der Waals surface area contributed by atoms with Crippen molar-refractivity contribution in [2.45, 2.75) is 44.3 Å². The fraction of sp³-hybridized carbons (Fsp3) is 0.917. The van der Waals surface area contributed by atoms with Gasteiger partial charge in [0.25, 0.3) is 5.91 Å². The average molecular weight is 263 g/mol. The first kappa shape index (κ1) is 14.7. The van der Waals surface area contributed by atoms with Crippen molar-refractivity contribution >= 4 is 18.3 Å². The molecule has 0 unspecified atom stereocenters. The maximum Gasteiger partial charge on any atom is 0.251 e. The van der Waals surface area contributed by atoms with Crippen LogP contribution in [0.5, 0.6) is 0 Å². The first-order chi connectivity index (χ1) is 7.70. The van der Waals surface area contributed by atoms with Crippen molar-refractivity contribution in [2.24, 2.45) is 11.7 Å². The highest BCUT2D eigenvalue weighted by Crippen LogP contribution is 2.27. The second-order valence-corrected chi connectivity index (χ2v) is 5.08. The van der Waals surface area contributed by atoms with Crippen LogP contribution in [0, 0.1) is 5.92 Å². The monoisotopic (exact) mass is 262 g/mol. The maximum atomic E-state index is 12.0. The molecule has 4 nitrogen and oxygen atoms in total. The van der Waals surface area contributed by atoms with Gasteiger partial charge in [-0.05, 0) is 31.6 Å². The number of amides is 1. The summed E-state index contributed by atoms with van der Waals surface area (Å²) in [5, 5.41) is 0. The summed E-state index contributed by atoms with van der Waals surface area (Å²) < 4.78 is 5.61. The molecular weight excluding hydrogens is 240 g/mol. The highest BCUT2D eigenvalue weighted by molar-refractivity contribution is 5.85. The molecule has 0 aromatic rings. The van der Waals surface area contributed by atoms with E-state index in [4.69, 9.17) is 10.5 Å². The van der Waals surface area contributed by atoms with E-state index in [0.717, 1.165) is 25.3 Å². The van der Waals surface area contributed by atoms with E-state index in [1.807, 2.05) is 11.9 Å². The van der Waals surface area contributed by atoms with Gasteiger partial charge in [-0.1, -0.05) is 6.42 Å². The third-order valence-corrected chi connectivity index (χ3v) is 3.78. The molecule has 5 heteroatoms. The number of hydrogen-bond acceptors (Lipinski definition) is 3. The van der Waals surface area contributed by atoms with E-state index in [0.29, 0.717) is 6.54 Å². The Morgan fingerprint density at radius 3 is 2.53 bits per heavy atom. The van der Waals surface area contributed by atoms with Crippen LogP contribution in [0.25, 0.3) is 0 Å². The molecule has 0 spiro atoms. The van der Waals surface area contributed by atoms with Crippen LogP contribution in [0.3, 0.4) is 0 Å². The first-order valence-corrected chi connectivity index (χ1v) is 6.31. The predicted molar refractivity (Wildman–Crippen MR) is 69.2 cm³/mol. The second kappa shape index (κ2) is 6.57. The number of nitrogens with zero attached hydrogens (tertiary/aromatic N) is 1. The number of hydrogen-bond donors (Lipinski definition) is 1. The summed E-state index contributed by atoms with van der Waals surface area (Å²) in [5.74, 6) is 0.864. The van der Waals surface area contributed by atoms with Gasteiger partial charge in [0.15, 0.2) is 0 Å². The molecule has 1 saturated carbocycles. The molecule has 1 amide bonds. The number of ether oxygens (including phenoxy) is 1. The minimum Gasteiger partial charge on any atom is -0.364 e. The van der Waals surface area contributed by atoms with Gasteiger partial charge in [0.05, 0.1) is 6.10 Å². The van der Waals surface area contributed by atoms with E-state index in [-0.39, 0.29) is 30.5 Å². The van der Waals surface area contributed by atoms with E-state index in [1.165, 1.54) is 19.3 Å². The van der Waals surface area contributed by atoms with E-state index >= 15 is 0 Å². The Bertz CT molecular complexity index is 259. The summed E-state index contributed by atoms with van der Waals surface area (Å²) in [6.07, 6.45) is 5.47. The van der Waals surface area contributed by atoms with Crippen molar-refractivity contribution in [1.82, 2.24) is 4.90 Å². The Morgan fingerprint density at radius 2 is 2.06 bits per heavy atom. The molecule has 1 heterocycles. The summed E-state index contributed by atoms with van der Waals surface area (Å²) in [4.78, 5) is 13.9. The summed E-state index contributed by atoms with van der Waals surface area (Å²) in [6.45, 7) is 1.42. The molecule has 2 fully saturated rings. The van der Waals surface area contributed by atoms with Gasteiger partial charge < -0.3 is 15.4 Å². The van der Waals surface area contributed by atoms with Crippen molar-refractivity contribution in [3.63, 3.8) is 0 Å². The highest BCUT2D eigenvalue weighted by atomic mass is 35.5. The van der Waals surface area contributed by atoms with Crippen LogP contribution in [-0.2, 0) is 9.53 Å². The van der Waals surface area contributed by atoms with Crippen molar-refractivity contribution < 1.29 is 9.53 Å². The number of nitrogens with two attached hydrogens (primary N) is 1. The Hall–Kier alpha value is -0.320. The lowest BCUT2D eigenvalue weighted by atomic mass is 9.85. The van der Waals surface area contributed by atoms with Gasteiger partial charge in [-0.15, -0.1) is 12.4 Å². The average Bonchev–Trinajstić information content (AvgIpc) is 2.70. The Balaban J connectivity index is 0.00000144. The van der Waals surface area contributed by atoms with Crippen LogP contribution in [0.4, 0.5) is 0 Å².